The van der Waals surface area contributed by atoms with Gasteiger partial charge in [-0.25, -0.2) is 4.79 Å². The third-order valence-electron chi connectivity index (χ3n) is 2.34. The number of carbonyl (C=O) groups is 1. The lowest BCUT2D eigenvalue weighted by Gasteiger charge is -2.20. The molecule has 4 nitrogen and oxygen atoms in total. The van der Waals surface area contributed by atoms with E-state index in [9.17, 15) is 4.79 Å². The Morgan fingerprint density at radius 2 is 2.11 bits per heavy atom. The van der Waals surface area contributed by atoms with Crippen molar-refractivity contribution in [3.05, 3.63) is 28.8 Å². The standard InChI is InChI=1S/C14H21ClN2O2/c1-14(2,3)19-13(18)17-11-6-7-12(15)10(9-11)5-4-8-16/h6-7,9H,4-5,8,16H2,1-3H3,(H,17,18). The molecule has 0 aliphatic rings. The third kappa shape index (κ3) is 5.94. The summed E-state index contributed by atoms with van der Waals surface area (Å²) in [7, 11) is 0. The highest BCUT2D eigenvalue weighted by Crippen LogP contribution is 2.22. The number of anilines is 1. The number of benzene rings is 1. The van der Waals surface area contributed by atoms with E-state index in [2.05, 4.69) is 5.32 Å². The average Bonchev–Trinajstić information content (AvgIpc) is 2.27. The Morgan fingerprint density at radius 1 is 1.42 bits per heavy atom. The van der Waals surface area contributed by atoms with Crippen LogP contribution in [-0.4, -0.2) is 18.2 Å². The van der Waals surface area contributed by atoms with Gasteiger partial charge in [-0.15, -0.1) is 0 Å². The zero-order chi connectivity index (χ0) is 14.5. The summed E-state index contributed by atoms with van der Waals surface area (Å²) in [5.41, 5.74) is 6.61. The van der Waals surface area contributed by atoms with Crippen molar-refractivity contribution < 1.29 is 9.53 Å². The minimum atomic E-state index is -0.515. The maximum absolute atomic E-state index is 11.7. The Balaban J connectivity index is 2.71. The normalized spacial score (nSPS) is 11.2. The van der Waals surface area contributed by atoms with E-state index in [1.54, 1.807) is 12.1 Å². The van der Waals surface area contributed by atoms with Crippen LogP contribution in [0.25, 0.3) is 0 Å². The predicted octanol–water partition coefficient (Wildman–Crippen LogP) is 3.58. The Kier molecular flexibility index (Phi) is 5.63. The van der Waals surface area contributed by atoms with E-state index in [1.165, 1.54) is 0 Å². The van der Waals surface area contributed by atoms with E-state index in [1.807, 2.05) is 26.8 Å². The summed E-state index contributed by atoms with van der Waals surface area (Å²) in [6.07, 6.45) is 1.18. The van der Waals surface area contributed by atoms with Crippen LogP contribution in [0.5, 0.6) is 0 Å². The summed E-state index contributed by atoms with van der Waals surface area (Å²) < 4.78 is 5.19. The van der Waals surface area contributed by atoms with Crippen LogP contribution in [0, 0.1) is 0 Å². The van der Waals surface area contributed by atoms with Gasteiger partial charge in [0.15, 0.2) is 0 Å². The zero-order valence-electron chi connectivity index (χ0n) is 11.6. The molecule has 0 saturated heterocycles. The summed E-state index contributed by atoms with van der Waals surface area (Å²) in [4.78, 5) is 11.7. The molecule has 3 N–H and O–H groups in total. The van der Waals surface area contributed by atoms with Crippen molar-refractivity contribution >= 4 is 23.4 Å². The highest BCUT2D eigenvalue weighted by molar-refractivity contribution is 6.31. The molecule has 1 aromatic carbocycles. The highest BCUT2D eigenvalue weighted by atomic mass is 35.5. The molecule has 1 amide bonds. The van der Waals surface area contributed by atoms with Gasteiger partial charge >= 0.3 is 6.09 Å². The second-order valence-electron chi connectivity index (χ2n) is 5.33. The Labute approximate surface area is 119 Å². The number of hydrogen-bond acceptors (Lipinski definition) is 3. The van der Waals surface area contributed by atoms with Crippen molar-refractivity contribution in [1.29, 1.82) is 0 Å². The number of amides is 1. The molecule has 0 heterocycles. The number of hydrogen-bond donors (Lipinski definition) is 2. The van der Waals surface area contributed by atoms with Crippen molar-refractivity contribution in [3.8, 4) is 0 Å². The zero-order valence-corrected chi connectivity index (χ0v) is 12.4. The molecule has 19 heavy (non-hydrogen) atoms. The second-order valence-corrected chi connectivity index (χ2v) is 5.73. The van der Waals surface area contributed by atoms with Gasteiger partial charge in [0.2, 0.25) is 0 Å². The first-order valence-electron chi connectivity index (χ1n) is 6.30. The molecule has 0 aliphatic carbocycles. The van der Waals surface area contributed by atoms with Crippen molar-refractivity contribution in [2.75, 3.05) is 11.9 Å². The van der Waals surface area contributed by atoms with Crippen LogP contribution >= 0.6 is 11.6 Å². The van der Waals surface area contributed by atoms with Gasteiger partial charge < -0.3 is 10.5 Å². The van der Waals surface area contributed by atoms with E-state index in [-0.39, 0.29) is 0 Å². The molecule has 0 spiro atoms. The number of nitrogens with one attached hydrogen (secondary N) is 1. The molecular formula is C14H21ClN2O2. The van der Waals surface area contributed by atoms with Crippen molar-refractivity contribution in [3.63, 3.8) is 0 Å². The fourth-order valence-corrected chi connectivity index (χ4v) is 1.77. The summed E-state index contributed by atoms with van der Waals surface area (Å²) >= 11 is 6.09. The van der Waals surface area contributed by atoms with Crippen molar-refractivity contribution in [1.82, 2.24) is 0 Å². The van der Waals surface area contributed by atoms with Crippen LogP contribution in [0.1, 0.15) is 32.8 Å². The maximum Gasteiger partial charge on any atom is 0.412 e. The molecule has 1 aromatic rings. The lowest BCUT2D eigenvalue weighted by atomic mass is 10.1. The van der Waals surface area contributed by atoms with Crippen molar-refractivity contribution in [2.45, 2.75) is 39.2 Å². The SMILES string of the molecule is CC(C)(C)OC(=O)Nc1ccc(Cl)c(CCCN)c1. The first-order valence-corrected chi connectivity index (χ1v) is 6.68. The fraction of sp³-hybridized carbons (Fsp3) is 0.500. The average molecular weight is 285 g/mol. The largest absolute Gasteiger partial charge is 0.444 e. The molecule has 0 aromatic heterocycles. The van der Waals surface area contributed by atoms with Gasteiger partial charge in [-0.1, -0.05) is 11.6 Å². The van der Waals surface area contributed by atoms with Gasteiger partial charge in [0, 0.05) is 10.7 Å². The number of aryl methyl sites for hydroxylation is 1. The molecular weight excluding hydrogens is 264 g/mol. The minimum absolute atomic E-state index is 0.473. The first-order chi connectivity index (χ1) is 8.81. The number of carbonyl (C=O) groups excluding carboxylic acids is 1. The van der Waals surface area contributed by atoms with E-state index in [4.69, 9.17) is 22.1 Å². The van der Waals surface area contributed by atoms with Crippen LogP contribution in [0.15, 0.2) is 18.2 Å². The predicted molar refractivity (Wildman–Crippen MR) is 78.7 cm³/mol. The van der Waals surface area contributed by atoms with Gasteiger partial charge in [-0.2, -0.15) is 0 Å². The molecule has 0 fully saturated rings. The van der Waals surface area contributed by atoms with Gasteiger partial charge in [-0.05, 0) is 63.9 Å². The number of rotatable bonds is 4. The lowest BCUT2D eigenvalue weighted by Crippen LogP contribution is -2.27. The molecule has 1 rings (SSSR count). The molecule has 0 atom stereocenters. The highest BCUT2D eigenvalue weighted by Gasteiger charge is 2.16. The summed E-state index contributed by atoms with van der Waals surface area (Å²) in [5.74, 6) is 0. The third-order valence-corrected chi connectivity index (χ3v) is 2.71. The molecule has 0 saturated carbocycles. The number of nitrogens with two attached hydrogens (primary N) is 1. The molecule has 0 unspecified atom stereocenters. The quantitative estimate of drug-likeness (QED) is 0.888. The molecule has 5 heteroatoms. The molecule has 106 valence electrons. The van der Waals surface area contributed by atoms with Gasteiger partial charge in [0.05, 0.1) is 0 Å². The molecule has 0 bridgehead atoms. The van der Waals surface area contributed by atoms with Crippen LogP contribution in [-0.2, 0) is 11.2 Å². The molecule has 0 radical (unpaired) electrons. The maximum atomic E-state index is 11.7. The lowest BCUT2D eigenvalue weighted by molar-refractivity contribution is 0.0636. The Hall–Kier alpha value is -1.26. The van der Waals surface area contributed by atoms with Gasteiger partial charge in [0.1, 0.15) is 5.60 Å². The van der Waals surface area contributed by atoms with Crippen LogP contribution in [0.4, 0.5) is 10.5 Å². The van der Waals surface area contributed by atoms with Crippen molar-refractivity contribution in [2.24, 2.45) is 5.73 Å². The van der Waals surface area contributed by atoms with Crippen LogP contribution in [0.2, 0.25) is 5.02 Å². The van der Waals surface area contributed by atoms with Crippen LogP contribution < -0.4 is 11.1 Å². The topological polar surface area (TPSA) is 64.3 Å². The monoisotopic (exact) mass is 284 g/mol. The van der Waals surface area contributed by atoms with E-state index in [0.717, 1.165) is 18.4 Å². The summed E-state index contributed by atoms with van der Waals surface area (Å²) in [6.45, 7) is 6.07. The number of halogens is 1. The number of ether oxygens (including phenoxy) is 1. The molecule has 0 aliphatic heterocycles. The second kappa shape index (κ2) is 6.78. The summed E-state index contributed by atoms with van der Waals surface area (Å²) in [6, 6.07) is 5.36. The summed E-state index contributed by atoms with van der Waals surface area (Å²) in [5, 5.41) is 3.37. The minimum Gasteiger partial charge on any atom is -0.444 e. The Morgan fingerprint density at radius 3 is 2.68 bits per heavy atom. The van der Waals surface area contributed by atoms with E-state index >= 15 is 0 Å². The van der Waals surface area contributed by atoms with Gasteiger partial charge in [0.25, 0.3) is 0 Å². The van der Waals surface area contributed by atoms with Gasteiger partial charge in [-0.3, -0.25) is 5.32 Å². The smallest absolute Gasteiger partial charge is 0.412 e. The fourth-order valence-electron chi connectivity index (χ4n) is 1.56. The Bertz CT molecular complexity index is 442. The van der Waals surface area contributed by atoms with E-state index in [0.29, 0.717) is 17.3 Å². The first kappa shape index (κ1) is 15.8. The van der Waals surface area contributed by atoms with E-state index < -0.39 is 11.7 Å². The van der Waals surface area contributed by atoms with Crippen LogP contribution in [0.3, 0.4) is 0 Å².